The lowest BCUT2D eigenvalue weighted by atomic mass is 9.85. The SMILES string of the molecule is CC(C)N1CCN(C(=O)C2CCC(Nc3ccc(C(=O)c4ccccc4)cc3)CC2)CC1. The Labute approximate surface area is 191 Å². The third kappa shape index (κ3) is 5.39. The smallest absolute Gasteiger partial charge is 0.225 e. The number of benzene rings is 2. The molecule has 5 heteroatoms. The van der Waals surface area contributed by atoms with Gasteiger partial charge in [-0.3, -0.25) is 14.5 Å². The van der Waals surface area contributed by atoms with Crippen LogP contribution >= 0.6 is 0 Å². The molecule has 1 saturated carbocycles. The van der Waals surface area contributed by atoms with Gasteiger partial charge in [-0.15, -0.1) is 0 Å². The summed E-state index contributed by atoms with van der Waals surface area (Å²) < 4.78 is 0. The maximum absolute atomic E-state index is 13.0. The van der Waals surface area contributed by atoms with Crippen molar-refractivity contribution < 1.29 is 9.59 Å². The van der Waals surface area contributed by atoms with Gasteiger partial charge in [-0.2, -0.15) is 0 Å². The van der Waals surface area contributed by atoms with Crippen LogP contribution in [0.25, 0.3) is 0 Å². The summed E-state index contributed by atoms with van der Waals surface area (Å²) in [5, 5.41) is 3.60. The molecule has 1 amide bonds. The average Bonchev–Trinajstić information content (AvgIpc) is 2.85. The van der Waals surface area contributed by atoms with Crippen LogP contribution in [0.4, 0.5) is 5.69 Å². The molecule has 0 radical (unpaired) electrons. The quantitative estimate of drug-likeness (QED) is 0.685. The summed E-state index contributed by atoms with van der Waals surface area (Å²) in [6, 6.07) is 18.1. The van der Waals surface area contributed by atoms with E-state index < -0.39 is 0 Å². The highest BCUT2D eigenvalue weighted by molar-refractivity contribution is 6.09. The van der Waals surface area contributed by atoms with Gasteiger partial charge < -0.3 is 10.2 Å². The topological polar surface area (TPSA) is 52.6 Å². The summed E-state index contributed by atoms with van der Waals surface area (Å²) >= 11 is 0. The number of hydrogen-bond acceptors (Lipinski definition) is 4. The van der Waals surface area contributed by atoms with Crippen LogP contribution in [0.3, 0.4) is 0 Å². The van der Waals surface area contributed by atoms with Crippen LogP contribution in [0, 0.1) is 5.92 Å². The van der Waals surface area contributed by atoms with Crippen molar-refractivity contribution >= 4 is 17.4 Å². The van der Waals surface area contributed by atoms with E-state index in [1.165, 1.54) is 0 Å². The van der Waals surface area contributed by atoms with Gasteiger partial charge in [0.15, 0.2) is 5.78 Å². The van der Waals surface area contributed by atoms with E-state index in [9.17, 15) is 9.59 Å². The third-order valence-electron chi connectivity index (χ3n) is 6.99. The first-order chi connectivity index (χ1) is 15.5. The zero-order valence-corrected chi connectivity index (χ0v) is 19.3. The Bertz CT molecular complexity index is 894. The fourth-order valence-electron chi connectivity index (χ4n) is 4.91. The molecular weight excluding hydrogens is 398 g/mol. The van der Waals surface area contributed by atoms with Gasteiger partial charge in [-0.1, -0.05) is 30.3 Å². The third-order valence-corrected chi connectivity index (χ3v) is 6.99. The Hall–Kier alpha value is -2.66. The van der Waals surface area contributed by atoms with E-state index in [1.54, 1.807) is 0 Å². The second-order valence-electron chi connectivity index (χ2n) is 9.42. The molecule has 2 aromatic rings. The summed E-state index contributed by atoms with van der Waals surface area (Å²) in [7, 11) is 0. The molecule has 0 atom stereocenters. The Morgan fingerprint density at radius 1 is 0.812 bits per heavy atom. The lowest BCUT2D eigenvalue weighted by Crippen LogP contribution is -2.52. The van der Waals surface area contributed by atoms with Crippen molar-refractivity contribution in [1.82, 2.24) is 9.80 Å². The summed E-state index contributed by atoms with van der Waals surface area (Å²) in [4.78, 5) is 30.1. The number of rotatable bonds is 6. The summed E-state index contributed by atoms with van der Waals surface area (Å²) in [5.41, 5.74) is 2.45. The van der Waals surface area contributed by atoms with Gasteiger partial charge in [0.25, 0.3) is 0 Å². The van der Waals surface area contributed by atoms with Gasteiger partial charge in [0.1, 0.15) is 0 Å². The first-order valence-corrected chi connectivity index (χ1v) is 12.0. The Kier molecular flexibility index (Phi) is 7.26. The van der Waals surface area contributed by atoms with E-state index in [0.717, 1.165) is 57.5 Å². The van der Waals surface area contributed by atoms with Crippen molar-refractivity contribution in [2.45, 2.75) is 51.6 Å². The maximum atomic E-state index is 13.0. The summed E-state index contributed by atoms with van der Waals surface area (Å²) in [5.74, 6) is 0.575. The normalized spacial score (nSPS) is 22.0. The predicted octanol–water partition coefficient (Wildman–Crippen LogP) is 4.44. The van der Waals surface area contributed by atoms with Crippen LogP contribution in [0.5, 0.6) is 0 Å². The highest BCUT2D eigenvalue weighted by Crippen LogP contribution is 2.29. The molecule has 5 nitrogen and oxygen atoms in total. The fourth-order valence-corrected chi connectivity index (χ4v) is 4.91. The minimum absolute atomic E-state index is 0.0467. The van der Waals surface area contributed by atoms with Gasteiger partial charge in [0, 0.05) is 61.0 Å². The number of piperazine rings is 1. The van der Waals surface area contributed by atoms with Crippen LogP contribution in [0.2, 0.25) is 0 Å². The molecule has 0 aromatic heterocycles. The summed E-state index contributed by atoms with van der Waals surface area (Å²) in [6.07, 6.45) is 3.91. The molecule has 2 aliphatic rings. The van der Waals surface area contributed by atoms with Crippen molar-refractivity contribution in [1.29, 1.82) is 0 Å². The van der Waals surface area contributed by atoms with Gasteiger partial charge in [-0.25, -0.2) is 0 Å². The lowest BCUT2D eigenvalue weighted by molar-refractivity contribution is -0.138. The molecule has 1 aliphatic heterocycles. The second kappa shape index (κ2) is 10.3. The van der Waals surface area contributed by atoms with Gasteiger partial charge in [0.2, 0.25) is 5.91 Å². The molecule has 2 aromatic carbocycles. The lowest BCUT2D eigenvalue weighted by Gasteiger charge is -2.39. The molecule has 170 valence electrons. The molecule has 4 rings (SSSR count). The molecular formula is C27H35N3O2. The van der Waals surface area contributed by atoms with E-state index in [0.29, 0.717) is 29.1 Å². The monoisotopic (exact) mass is 433 g/mol. The number of anilines is 1. The van der Waals surface area contributed by atoms with Crippen molar-refractivity contribution in [3.05, 3.63) is 65.7 Å². The van der Waals surface area contributed by atoms with E-state index in [1.807, 2.05) is 54.6 Å². The second-order valence-corrected chi connectivity index (χ2v) is 9.42. The van der Waals surface area contributed by atoms with Gasteiger partial charge >= 0.3 is 0 Å². The highest BCUT2D eigenvalue weighted by atomic mass is 16.2. The van der Waals surface area contributed by atoms with E-state index in [-0.39, 0.29) is 11.7 Å². The predicted molar refractivity (Wildman–Crippen MR) is 129 cm³/mol. The van der Waals surface area contributed by atoms with Crippen LogP contribution in [-0.2, 0) is 4.79 Å². The fraction of sp³-hybridized carbons (Fsp3) is 0.481. The number of carbonyl (C=O) groups excluding carboxylic acids is 2. The first kappa shape index (κ1) is 22.5. The van der Waals surface area contributed by atoms with Crippen molar-refractivity contribution in [2.75, 3.05) is 31.5 Å². The van der Waals surface area contributed by atoms with Crippen LogP contribution in [0.1, 0.15) is 55.5 Å². The van der Waals surface area contributed by atoms with Crippen molar-refractivity contribution in [2.24, 2.45) is 5.92 Å². The number of amides is 1. The van der Waals surface area contributed by atoms with Crippen LogP contribution in [0.15, 0.2) is 54.6 Å². The first-order valence-electron chi connectivity index (χ1n) is 12.0. The molecule has 1 aliphatic carbocycles. The highest BCUT2D eigenvalue weighted by Gasteiger charge is 2.31. The minimum Gasteiger partial charge on any atom is -0.382 e. The Morgan fingerprint density at radius 2 is 1.41 bits per heavy atom. The Balaban J connectivity index is 1.24. The van der Waals surface area contributed by atoms with Crippen molar-refractivity contribution in [3.63, 3.8) is 0 Å². The van der Waals surface area contributed by atoms with E-state index in [2.05, 4.69) is 29.0 Å². The molecule has 1 saturated heterocycles. The number of nitrogens with one attached hydrogen (secondary N) is 1. The largest absolute Gasteiger partial charge is 0.382 e. The molecule has 0 spiro atoms. The Morgan fingerprint density at radius 3 is 2.00 bits per heavy atom. The number of hydrogen-bond donors (Lipinski definition) is 1. The van der Waals surface area contributed by atoms with Crippen molar-refractivity contribution in [3.8, 4) is 0 Å². The van der Waals surface area contributed by atoms with Crippen LogP contribution in [-0.4, -0.2) is 59.8 Å². The molecule has 0 unspecified atom stereocenters. The minimum atomic E-state index is 0.0467. The van der Waals surface area contributed by atoms with E-state index >= 15 is 0 Å². The zero-order chi connectivity index (χ0) is 22.5. The standard InChI is InChI=1S/C27H35N3O2/c1-20(2)29-16-18-30(19-17-29)27(32)23-10-14-25(15-11-23)28-24-12-8-22(9-13-24)26(31)21-6-4-3-5-7-21/h3-9,12-13,20,23,25,28H,10-11,14-19H2,1-2H3. The van der Waals surface area contributed by atoms with Gasteiger partial charge in [-0.05, 0) is 63.8 Å². The van der Waals surface area contributed by atoms with E-state index in [4.69, 9.17) is 0 Å². The molecule has 0 bridgehead atoms. The maximum Gasteiger partial charge on any atom is 0.225 e. The zero-order valence-electron chi connectivity index (χ0n) is 19.3. The summed E-state index contributed by atoms with van der Waals surface area (Å²) in [6.45, 7) is 8.15. The number of carbonyl (C=O) groups is 2. The van der Waals surface area contributed by atoms with Gasteiger partial charge in [0.05, 0.1) is 0 Å². The number of nitrogens with zero attached hydrogens (tertiary/aromatic N) is 2. The molecule has 1 N–H and O–H groups in total. The molecule has 1 heterocycles. The molecule has 32 heavy (non-hydrogen) atoms. The molecule has 2 fully saturated rings. The van der Waals surface area contributed by atoms with Crippen LogP contribution < -0.4 is 5.32 Å². The average molecular weight is 434 g/mol. The number of ketones is 1.